The van der Waals surface area contributed by atoms with Gasteiger partial charge in [-0.3, -0.25) is 0 Å². The molecule has 0 saturated carbocycles. The molecule has 0 saturated heterocycles. The monoisotopic (exact) mass is 442 g/mol. The summed E-state index contributed by atoms with van der Waals surface area (Å²) in [6, 6.07) is 42.8. The molecule has 0 aliphatic heterocycles. The lowest BCUT2D eigenvalue weighted by Gasteiger charge is -2.16. The lowest BCUT2D eigenvalue weighted by atomic mass is 9.97. The third-order valence-corrected chi connectivity index (χ3v) is 5.54. The molecule has 34 heavy (non-hydrogen) atoms. The highest BCUT2D eigenvalue weighted by Crippen LogP contribution is 2.39. The smallest absolute Gasteiger partial charge is 0.394 e. The SMILES string of the molecule is O=C(Oc1ccccc1-c1ccccc1)Oc1c(-c2ccccc2)cccc1-c1ccccc1. The number of carbonyl (C=O) groups excluding carboxylic acids is 1. The van der Waals surface area contributed by atoms with Crippen molar-refractivity contribution in [1.29, 1.82) is 0 Å². The zero-order valence-corrected chi connectivity index (χ0v) is 18.4. The van der Waals surface area contributed by atoms with E-state index in [-0.39, 0.29) is 0 Å². The van der Waals surface area contributed by atoms with Crippen LogP contribution in [-0.2, 0) is 0 Å². The van der Waals surface area contributed by atoms with E-state index in [1.165, 1.54) is 0 Å². The van der Waals surface area contributed by atoms with E-state index < -0.39 is 6.16 Å². The molecule has 0 aliphatic rings. The van der Waals surface area contributed by atoms with Gasteiger partial charge in [0.2, 0.25) is 0 Å². The molecule has 5 aromatic rings. The van der Waals surface area contributed by atoms with Crippen LogP contribution in [0, 0.1) is 0 Å². The molecule has 0 atom stereocenters. The molecule has 0 heterocycles. The number of para-hydroxylation sites is 2. The van der Waals surface area contributed by atoms with E-state index in [1.807, 2.05) is 127 Å². The van der Waals surface area contributed by atoms with Gasteiger partial charge in [-0.05, 0) is 22.8 Å². The van der Waals surface area contributed by atoms with E-state index >= 15 is 0 Å². The highest BCUT2D eigenvalue weighted by Gasteiger charge is 2.19. The van der Waals surface area contributed by atoms with Crippen molar-refractivity contribution >= 4 is 6.16 Å². The lowest BCUT2D eigenvalue weighted by molar-refractivity contribution is 0.152. The first-order valence-corrected chi connectivity index (χ1v) is 11.1. The summed E-state index contributed by atoms with van der Waals surface area (Å²) in [5.41, 5.74) is 5.31. The summed E-state index contributed by atoms with van der Waals surface area (Å²) in [5, 5.41) is 0. The number of benzene rings is 5. The zero-order valence-electron chi connectivity index (χ0n) is 18.4. The third kappa shape index (κ3) is 4.59. The van der Waals surface area contributed by atoms with Crippen LogP contribution in [0.2, 0.25) is 0 Å². The zero-order chi connectivity index (χ0) is 23.2. The maximum atomic E-state index is 13.1. The molecule has 5 aromatic carbocycles. The minimum Gasteiger partial charge on any atom is -0.394 e. The topological polar surface area (TPSA) is 35.5 Å². The molecule has 0 aromatic heterocycles. The molecule has 3 nitrogen and oxygen atoms in total. The molecule has 3 heteroatoms. The molecule has 164 valence electrons. The Bertz CT molecular complexity index is 1340. The summed E-state index contributed by atoms with van der Waals surface area (Å²) in [7, 11) is 0. The summed E-state index contributed by atoms with van der Waals surface area (Å²) in [5.74, 6) is 0.902. The van der Waals surface area contributed by atoms with Crippen molar-refractivity contribution in [1.82, 2.24) is 0 Å². The maximum absolute atomic E-state index is 13.1. The first-order valence-electron chi connectivity index (χ1n) is 11.1. The van der Waals surface area contributed by atoms with Crippen molar-refractivity contribution in [3.05, 3.63) is 133 Å². The molecule has 0 fully saturated rings. The number of hydrogen-bond donors (Lipinski definition) is 0. The number of rotatable bonds is 5. The fourth-order valence-electron chi connectivity index (χ4n) is 3.94. The van der Waals surface area contributed by atoms with E-state index in [1.54, 1.807) is 6.07 Å². The largest absolute Gasteiger partial charge is 0.519 e. The quantitative estimate of drug-likeness (QED) is 0.203. The van der Waals surface area contributed by atoms with Gasteiger partial charge in [0.15, 0.2) is 0 Å². The minimum atomic E-state index is -0.788. The van der Waals surface area contributed by atoms with Crippen LogP contribution in [0.25, 0.3) is 33.4 Å². The molecule has 0 spiro atoms. The van der Waals surface area contributed by atoms with Crippen LogP contribution in [0.5, 0.6) is 11.5 Å². The average molecular weight is 443 g/mol. The van der Waals surface area contributed by atoms with Crippen molar-refractivity contribution in [2.75, 3.05) is 0 Å². The molecule has 0 radical (unpaired) electrons. The Morgan fingerprint density at radius 1 is 0.412 bits per heavy atom. The number of ether oxygens (including phenoxy) is 2. The van der Waals surface area contributed by atoms with E-state index in [0.717, 1.165) is 33.4 Å². The first-order chi connectivity index (χ1) is 16.8. The maximum Gasteiger partial charge on any atom is 0.519 e. The first kappa shape index (κ1) is 21.2. The third-order valence-electron chi connectivity index (χ3n) is 5.54. The van der Waals surface area contributed by atoms with Crippen LogP contribution in [0.1, 0.15) is 0 Å². The van der Waals surface area contributed by atoms with Crippen molar-refractivity contribution in [2.45, 2.75) is 0 Å². The fourth-order valence-corrected chi connectivity index (χ4v) is 3.94. The van der Waals surface area contributed by atoms with Crippen LogP contribution in [-0.4, -0.2) is 6.16 Å². The second-order valence-electron chi connectivity index (χ2n) is 7.73. The van der Waals surface area contributed by atoms with Gasteiger partial charge in [-0.1, -0.05) is 127 Å². The van der Waals surface area contributed by atoms with Gasteiger partial charge in [-0.15, -0.1) is 0 Å². The van der Waals surface area contributed by atoms with Crippen molar-refractivity contribution in [3.63, 3.8) is 0 Å². The molecular formula is C31H22O3. The van der Waals surface area contributed by atoms with Crippen LogP contribution < -0.4 is 9.47 Å². The Hall–Kier alpha value is -4.63. The highest BCUT2D eigenvalue weighted by atomic mass is 16.7. The van der Waals surface area contributed by atoms with Crippen LogP contribution in [0.3, 0.4) is 0 Å². The Morgan fingerprint density at radius 2 is 0.824 bits per heavy atom. The van der Waals surface area contributed by atoms with Gasteiger partial charge in [0.1, 0.15) is 11.5 Å². The Kier molecular flexibility index (Phi) is 6.17. The van der Waals surface area contributed by atoms with E-state index in [4.69, 9.17) is 9.47 Å². The van der Waals surface area contributed by atoms with Gasteiger partial charge in [-0.25, -0.2) is 4.79 Å². The van der Waals surface area contributed by atoms with E-state index in [2.05, 4.69) is 0 Å². The Morgan fingerprint density at radius 3 is 1.35 bits per heavy atom. The standard InChI is InChI=1S/C31H22O3/c32-31(33-29-22-11-10-19-26(29)23-13-4-1-5-14-23)34-30-27(24-15-6-2-7-16-24)20-12-21-28(30)25-17-8-3-9-18-25/h1-22H. The Labute approximate surface area is 198 Å². The average Bonchev–Trinajstić information content (AvgIpc) is 2.90. The molecule has 0 aliphatic carbocycles. The van der Waals surface area contributed by atoms with E-state index in [9.17, 15) is 4.79 Å². The van der Waals surface area contributed by atoms with Gasteiger partial charge in [-0.2, -0.15) is 0 Å². The molecule has 0 bridgehead atoms. The second kappa shape index (κ2) is 9.88. The van der Waals surface area contributed by atoms with Crippen LogP contribution in [0.15, 0.2) is 133 Å². The van der Waals surface area contributed by atoms with Gasteiger partial charge in [0, 0.05) is 16.7 Å². The van der Waals surface area contributed by atoms with E-state index in [0.29, 0.717) is 11.5 Å². The summed E-state index contributed by atoms with van der Waals surface area (Å²) >= 11 is 0. The van der Waals surface area contributed by atoms with Crippen molar-refractivity contribution in [2.24, 2.45) is 0 Å². The summed E-state index contributed by atoms with van der Waals surface area (Å²) in [6.45, 7) is 0. The molecule has 0 amide bonds. The van der Waals surface area contributed by atoms with Gasteiger partial charge >= 0.3 is 6.16 Å². The van der Waals surface area contributed by atoms with Gasteiger partial charge < -0.3 is 9.47 Å². The number of carbonyl (C=O) groups is 1. The molecule has 5 rings (SSSR count). The van der Waals surface area contributed by atoms with Crippen LogP contribution in [0.4, 0.5) is 4.79 Å². The lowest BCUT2D eigenvalue weighted by Crippen LogP contribution is -2.15. The number of hydrogen-bond acceptors (Lipinski definition) is 3. The minimum absolute atomic E-state index is 0.442. The normalized spacial score (nSPS) is 10.5. The molecule has 0 N–H and O–H groups in total. The van der Waals surface area contributed by atoms with Gasteiger partial charge in [0.05, 0.1) is 0 Å². The van der Waals surface area contributed by atoms with Crippen LogP contribution >= 0.6 is 0 Å². The molecule has 0 unspecified atom stereocenters. The Balaban J connectivity index is 1.52. The predicted octanol–water partition coefficient (Wildman–Crippen LogP) is 8.27. The summed E-state index contributed by atoms with van der Waals surface area (Å²) in [4.78, 5) is 13.1. The molecular weight excluding hydrogens is 420 g/mol. The van der Waals surface area contributed by atoms with Gasteiger partial charge in [0.25, 0.3) is 0 Å². The highest BCUT2D eigenvalue weighted by molar-refractivity contribution is 5.86. The summed E-state index contributed by atoms with van der Waals surface area (Å²) in [6.07, 6.45) is -0.788. The predicted molar refractivity (Wildman–Crippen MR) is 136 cm³/mol. The fraction of sp³-hybridized carbons (Fsp3) is 0. The second-order valence-corrected chi connectivity index (χ2v) is 7.73. The van der Waals surface area contributed by atoms with Crippen molar-refractivity contribution < 1.29 is 14.3 Å². The summed E-state index contributed by atoms with van der Waals surface area (Å²) < 4.78 is 11.6. The van der Waals surface area contributed by atoms with Crippen molar-refractivity contribution in [3.8, 4) is 44.9 Å².